The van der Waals surface area contributed by atoms with Gasteiger partial charge in [-0.25, -0.2) is 0 Å². The van der Waals surface area contributed by atoms with E-state index in [-0.39, 0.29) is 0 Å². The average molecular weight is 289 g/mol. The zero-order valence-corrected chi connectivity index (χ0v) is 13.3. The van der Waals surface area contributed by atoms with Crippen molar-refractivity contribution in [2.24, 2.45) is 0 Å². The Morgan fingerprint density at radius 3 is 2.23 bits per heavy atom. The summed E-state index contributed by atoms with van der Waals surface area (Å²) in [4.78, 5) is 3.61. The number of nitrogens with one attached hydrogen (secondary N) is 1. The van der Waals surface area contributed by atoms with Crippen molar-refractivity contribution in [3.05, 3.63) is 71.8 Å². The molecule has 0 saturated heterocycles. The summed E-state index contributed by atoms with van der Waals surface area (Å²) in [7, 11) is 6.44. The molecule has 2 unspecified atom stereocenters. The normalized spacial score (nSPS) is 19.6. The largest absolute Gasteiger partial charge is 0.378 e. The highest BCUT2D eigenvalue weighted by Gasteiger charge is 2.34. The summed E-state index contributed by atoms with van der Waals surface area (Å²) in [5.41, 5.74) is 5.49. The van der Waals surface area contributed by atoms with Gasteiger partial charge >= 0.3 is 0 Å². The van der Waals surface area contributed by atoms with Crippen LogP contribution in [0.2, 0.25) is 0 Å². The van der Waals surface area contributed by atoms with Gasteiger partial charge in [0.1, 0.15) is 11.7 Å². The van der Waals surface area contributed by atoms with Crippen molar-refractivity contribution >= 4 is 22.1 Å². The molecular formula is C20H21N2+. The third kappa shape index (κ3) is 1.84. The van der Waals surface area contributed by atoms with Crippen molar-refractivity contribution < 1.29 is 4.90 Å². The number of benzene rings is 3. The minimum atomic E-state index is 0.386. The minimum Gasteiger partial charge on any atom is -0.378 e. The van der Waals surface area contributed by atoms with E-state index in [0.29, 0.717) is 6.04 Å². The van der Waals surface area contributed by atoms with Crippen molar-refractivity contribution in [3.8, 4) is 0 Å². The molecule has 4 rings (SSSR count). The molecule has 2 nitrogen and oxygen atoms in total. The van der Waals surface area contributed by atoms with Crippen LogP contribution in [0.5, 0.6) is 0 Å². The highest BCUT2D eigenvalue weighted by Crippen LogP contribution is 2.36. The second-order valence-corrected chi connectivity index (χ2v) is 6.35. The number of hydrogen-bond acceptors (Lipinski definition) is 1. The number of hydrogen-bond donors (Lipinski definition) is 1. The Hall–Kier alpha value is -2.32. The Bertz CT molecular complexity index is 829. The van der Waals surface area contributed by atoms with Crippen molar-refractivity contribution in [1.29, 1.82) is 0 Å². The van der Waals surface area contributed by atoms with Gasteiger partial charge in [-0.2, -0.15) is 0 Å². The lowest BCUT2D eigenvalue weighted by Crippen LogP contribution is -3.03. The van der Waals surface area contributed by atoms with Gasteiger partial charge in [-0.1, -0.05) is 42.5 Å². The molecule has 0 fully saturated rings. The van der Waals surface area contributed by atoms with Crippen LogP contribution in [-0.2, 0) is 0 Å². The number of quaternary nitrogens is 1. The molecule has 1 aliphatic heterocycles. The first kappa shape index (κ1) is 13.4. The van der Waals surface area contributed by atoms with Gasteiger partial charge in [0, 0.05) is 30.9 Å². The summed E-state index contributed by atoms with van der Waals surface area (Å²) in [5, 5.41) is 2.78. The van der Waals surface area contributed by atoms with E-state index >= 15 is 0 Å². The maximum Gasteiger partial charge on any atom is 0.144 e. The lowest BCUT2D eigenvalue weighted by atomic mass is 9.97. The number of anilines is 1. The van der Waals surface area contributed by atoms with Gasteiger partial charge in [0.05, 0.1) is 12.4 Å². The quantitative estimate of drug-likeness (QED) is 0.761. The zero-order valence-electron chi connectivity index (χ0n) is 13.3. The molecule has 3 aromatic carbocycles. The van der Waals surface area contributed by atoms with Crippen LogP contribution >= 0.6 is 0 Å². The van der Waals surface area contributed by atoms with Crippen LogP contribution in [0.4, 0.5) is 11.4 Å². The minimum absolute atomic E-state index is 0.386. The number of nitrogens with zero attached hydrogens (tertiary/aromatic N) is 1. The molecule has 0 saturated carbocycles. The molecule has 0 amide bonds. The molecule has 0 radical (unpaired) electrons. The van der Waals surface area contributed by atoms with Gasteiger partial charge in [-0.3, -0.25) is 4.90 Å². The van der Waals surface area contributed by atoms with Gasteiger partial charge in [0.2, 0.25) is 0 Å². The monoisotopic (exact) mass is 289 g/mol. The first-order chi connectivity index (χ1) is 10.7. The second-order valence-electron chi connectivity index (χ2n) is 6.35. The van der Waals surface area contributed by atoms with Crippen LogP contribution in [0, 0.1) is 0 Å². The van der Waals surface area contributed by atoms with Gasteiger partial charge in [0.15, 0.2) is 0 Å². The molecule has 0 aliphatic carbocycles. The molecule has 2 atom stereocenters. The van der Waals surface area contributed by atoms with Gasteiger partial charge in [-0.05, 0) is 23.6 Å². The highest BCUT2D eigenvalue weighted by molar-refractivity contribution is 5.95. The zero-order chi connectivity index (χ0) is 15.3. The smallest absolute Gasteiger partial charge is 0.144 e. The highest BCUT2D eigenvalue weighted by atomic mass is 15.2. The van der Waals surface area contributed by atoms with E-state index in [1.165, 1.54) is 38.2 Å². The van der Waals surface area contributed by atoms with Crippen molar-refractivity contribution in [2.45, 2.75) is 6.04 Å². The third-order valence-electron chi connectivity index (χ3n) is 4.85. The molecule has 1 heterocycles. The van der Waals surface area contributed by atoms with Crippen LogP contribution < -0.4 is 9.80 Å². The standard InChI is InChI=1S/C20H20N2/c1-21(2)16-12-10-15(11-13-16)20-17-8-4-6-14-7-5-9-18(19(14)17)22(20)3/h4-13,20H,1-3H3/p+1. The first-order valence-corrected chi connectivity index (χ1v) is 7.79. The third-order valence-corrected chi connectivity index (χ3v) is 4.85. The van der Waals surface area contributed by atoms with Crippen molar-refractivity contribution in [1.82, 2.24) is 0 Å². The van der Waals surface area contributed by atoms with E-state index in [1.807, 2.05) is 0 Å². The lowest BCUT2D eigenvalue weighted by Gasteiger charge is -2.20. The van der Waals surface area contributed by atoms with Gasteiger partial charge < -0.3 is 4.90 Å². The maximum atomic E-state index is 2.28. The molecule has 3 aromatic rings. The second kappa shape index (κ2) is 4.85. The Labute approximate surface area is 131 Å². The van der Waals surface area contributed by atoms with Crippen LogP contribution in [-0.4, -0.2) is 21.1 Å². The predicted octanol–water partition coefficient (Wildman–Crippen LogP) is 3.16. The van der Waals surface area contributed by atoms with E-state index in [0.717, 1.165) is 0 Å². The van der Waals surface area contributed by atoms with E-state index < -0.39 is 0 Å². The summed E-state index contributed by atoms with van der Waals surface area (Å²) < 4.78 is 0. The average Bonchev–Trinajstić information content (AvgIpc) is 2.83. The topological polar surface area (TPSA) is 7.68 Å². The molecule has 2 heteroatoms. The summed E-state index contributed by atoms with van der Waals surface area (Å²) in [6, 6.07) is 22.7. The van der Waals surface area contributed by atoms with E-state index in [2.05, 4.69) is 86.7 Å². The Morgan fingerprint density at radius 1 is 0.864 bits per heavy atom. The fourth-order valence-electron chi connectivity index (χ4n) is 3.72. The van der Waals surface area contributed by atoms with Crippen LogP contribution in [0.15, 0.2) is 60.7 Å². The summed E-state index contributed by atoms with van der Waals surface area (Å²) in [6.07, 6.45) is 0. The van der Waals surface area contributed by atoms with Crippen molar-refractivity contribution in [3.63, 3.8) is 0 Å². The van der Waals surface area contributed by atoms with Crippen molar-refractivity contribution in [2.75, 3.05) is 26.0 Å². The van der Waals surface area contributed by atoms with Crippen LogP contribution in [0.1, 0.15) is 17.2 Å². The Morgan fingerprint density at radius 2 is 1.55 bits per heavy atom. The van der Waals surface area contributed by atoms with Gasteiger partial charge in [-0.15, -0.1) is 0 Å². The lowest BCUT2D eigenvalue weighted by molar-refractivity contribution is -0.833. The Balaban J connectivity index is 1.86. The molecule has 22 heavy (non-hydrogen) atoms. The molecule has 1 N–H and O–H groups in total. The predicted molar refractivity (Wildman–Crippen MR) is 93.1 cm³/mol. The van der Waals surface area contributed by atoms with E-state index in [1.54, 1.807) is 0 Å². The summed E-state index contributed by atoms with van der Waals surface area (Å²) in [6.45, 7) is 0. The van der Waals surface area contributed by atoms with E-state index in [9.17, 15) is 0 Å². The van der Waals surface area contributed by atoms with Gasteiger partial charge in [0.25, 0.3) is 0 Å². The summed E-state index contributed by atoms with van der Waals surface area (Å²) >= 11 is 0. The molecule has 0 spiro atoms. The molecule has 0 bridgehead atoms. The SMILES string of the molecule is CN(C)c1ccc(C2c3cccc4cccc(c34)[NH+]2C)cc1. The van der Waals surface area contributed by atoms with Crippen LogP contribution in [0.25, 0.3) is 10.8 Å². The molecule has 1 aliphatic rings. The van der Waals surface area contributed by atoms with E-state index in [4.69, 9.17) is 0 Å². The number of rotatable bonds is 2. The van der Waals surface area contributed by atoms with Crippen LogP contribution in [0.3, 0.4) is 0 Å². The Kier molecular flexibility index (Phi) is 2.95. The molecule has 0 aromatic heterocycles. The summed E-state index contributed by atoms with van der Waals surface area (Å²) in [5.74, 6) is 0. The molecule has 110 valence electrons. The maximum absolute atomic E-state index is 2.28. The molecular weight excluding hydrogens is 268 g/mol. The first-order valence-electron chi connectivity index (χ1n) is 7.79. The fourth-order valence-corrected chi connectivity index (χ4v) is 3.72. The fraction of sp³-hybridized carbons (Fsp3) is 0.200.